The molecule has 88 valence electrons. The molecular weight excluding hydrogens is 285 g/mol. The standard InChI is InChI=1S/C10H10BrF3N2/c1-4-3-6(16)7(5(2)15)9(11)8(4)10(12,13)14/h3,15H,16H2,1-2H3. The number of halogens is 4. The lowest BCUT2D eigenvalue weighted by Crippen LogP contribution is -2.13. The first kappa shape index (κ1) is 13.0. The third kappa shape index (κ3) is 2.21. The van der Waals surface area contributed by atoms with Gasteiger partial charge < -0.3 is 11.1 Å². The van der Waals surface area contributed by atoms with Gasteiger partial charge in [0.05, 0.1) is 5.56 Å². The second kappa shape index (κ2) is 4.08. The predicted octanol–water partition coefficient (Wildman–Crippen LogP) is 3.75. The number of benzene rings is 1. The highest BCUT2D eigenvalue weighted by Crippen LogP contribution is 2.40. The van der Waals surface area contributed by atoms with Crippen LogP contribution in [0.2, 0.25) is 0 Å². The molecule has 0 saturated carbocycles. The highest BCUT2D eigenvalue weighted by molar-refractivity contribution is 9.10. The minimum absolute atomic E-state index is 0.00475. The molecule has 3 N–H and O–H groups in total. The monoisotopic (exact) mass is 294 g/mol. The molecule has 16 heavy (non-hydrogen) atoms. The van der Waals surface area contributed by atoms with Crippen LogP contribution in [0.5, 0.6) is 0 Å². The van der Waals surface area contributed by atoms with Gasteiger partial charge in [-0.25, -0.2) is 0 Å². The van der Waals surface area contributed by atoms with Crippen LogP contribution < -0.4 is 5.73 Å². The van der Waals surface area contributed by atoms with E-state index >= 15 is 0 Å². The molecule has 0 saturated heterocycles. The highest BCUT2D eigenvalue weighted by Gasteiger charge is 2.36. The Morgan fingerprint density at radius 3 is 2.31 bits per heavy atom. The highest BCUT2D eigenvalue weighted by atomic mass is 79.9. The molecule has 0 amide bonds. The van der Waals surface area contributed by atoms with Crippen molar-refractivity contribution >= 4 is 27.3 Å². The van der Waals surface area contributed by atoms with Crippen molar-refractivity contribution in [1.82, 2.24) is 0 Å². The number of rotatable bonds is 1. The van der Waals surface area contributed by atoms with E-state index in [0.717, 1.165) is 0 Å². The average Bonchev–Trinajstić information content (AvgIpc) is 1.97. The van der Waals surface area contributed by atoms with Crippen molar-refractivity contribution in [3.8, 4) is 0 Å². The van der Waals surface area contributed by atoms with Gasteiger partial charge in [0.25, 0.3) is 0 Å². The maximum absolute atomic E-state index is 12.7. The number of nitrogens with two attached hydrogens (primary N) is 1. The molecular formula is C10H10BrF3N2. The number of anilines is 1. The van der Waals surface area contributed by atoms with E-state index in [2.05, 4.69) is 15.9 Å². The maximum Gasteiger partial charge on any atom is 0.417 e. The Balaban J connectivity index is 3.65. The van der Waals surface area contributed by atoms with Crippen molar-refractivity contribution in [3.05, 3.63) is 27.2 Å². The molecule has 2 nitrogen and oxygen atoms in total. The van der Waals surface area contributed by atoms with E-state index in [-0.39, 0.29) is 27.0 Å². The zero-order valence-corrected chi connectivity index (χ0v) is 10.3. The Morgan fingerprint density at radius 1 is 1.44 bits per heavy atom. The van der Waals surface area contributed by atoms with E-state index in [9.17, 15) is 13.2 Å². The van der Waals surface area contributed by atoms with Gasteiger partial charge in [-0.3, -0.25) is 0 Å². The molecule has 1 aromatic carbocycles. The van der Waals surface area contributed by atoms with Crippen molar-refractivity contribution in [1.29, 1.82) is 5.41 Å². The molecule has 0 aliphatic rings. The smallest absolute Gasteiger partial charge is 0.398 e. The lowest BCUT2D eigenvalue weighted by atomic mass is 10.00. The summed E-state index contributed by atoms with van der Waals surface area (Å²) in [6.45, 7) is 2.74. The molecule has 0 aliphatic carbocycles. The summed E-state index contributed by atoms with van der Waals surface area (Å²) in [5.41, 5.74) is 5.13. The van der Waals surface area contributed by atoms with Gasteiger partial charge in [0.2, 0.25) is 0 Å². The van der Waals surface area contributed by atoms with Gasteiger partial charge >= 0.3 is 6.18 Å². The van der Waals surface area contributed by atoms with Crippen LogP contribution in [-0.2, 0) is 6.18 Å². The van der Waals surface area contributed by atoms with Gasteiger partial charge in [-0.05, 0) is 41.4 Å². The van der Waals surface area contributed by atoms with Crippen molar-refractivity contribution in [2.24, 2.45) is 0 Å². The Kier molecular flexibility index (Phi) is 3.33. The Hall–Kier alpha value is -1.04. The number of hydrogen-bond donors (Lipinski definition) is 2. The minimum atomic E-state index is -4.46. The molecule has 1 aromatic rings. The fourth-order valence-electron chi connectivity index (χ4n) is 1.53. The van der Waals surface area contributed by atoms with E-state index in [0.29, 0.717) is 0 Å². The molecule has 0 spiro atoms. The van der Waals surface area contributed by atoms with E-state index in [4.69, 9.17) is 11.1 Å². The van der Waals surface area contributed by atoms with Gasteiger partial charge in [-0.15, -0.1) is 0 Å². The summed E-state index contributed by atoms with van der Waals surface area (Å²) in [5.74, 6) is 0. The summed E-state index contributed by atoms with van der Waals surface area (Å²) in [7, 11) is 0. The van der Waals surface area contributed by atoms with Gasteiger partial charge in [-0.1, -0.05) is 0 Å². The van der Waals surface area contributed by atoms with Crippen LogP contribution in [0, 0.1) is 12.3 Å². The fourth-order valence-corrected chi connectivity index (χ4v) is 2.60. The summed E-state index contributed by atoms with van der Waals surface area (Å²) in [6.07, 6.45) is -4.46. The van der Waals surface area contributed by atoms with Gasteiger partial charge in [0, 0.05) is 21.4 Å². The van der Waals surface area contributed by atoms with Crippen LogP contribution in [0.25, 0.3) is 0 Å². The first-order valence-corrected chi connectivity index (χ1v) is 5.16. The normalized spacial score (nSPS) is 11.6. The molecule has 0 fully saturated rings. The fraction of sp³-hybridized carbons (Fsp3) is 0.300. The van der Waals surface area contributed by atoms with Gasteiger partial charge in [-0.2, -0.15) is 13.2 Å². The zero-order chi connectivity index (χ0) is 12.7. The van der Waals surface area contributed by atoms with Crippen LogP contribution in [0.3, 0.4) is 0 Å². The molecule has 0 aliphatic heterocycles. The summed E-state index contributed by atoms with van der Waals surface area (Å²) in [6, 6.07) is 1.24. The van der Waals surface area contributed by atoms with Crippen LogP contribution in [0.1, 0.15) is 23.6 Å². The lowest BCUT2D eigenvalue weighted by molar-refractivity contribution is -0.138. The SMILES string of the molecule is CC(=N)c1c(N)cc(C)c(C(F)(F)F)c1Br. The summed E-state index contributed by atoms with van der Waals surface area (Å²) in [5, 5.41) is 7.41. The first-order valence-electron chi connectivity index (χ1n) is 4.37. The van der Waals surface area contributed by atoms with Gasteiger partial charge in [0.1, 0.15) is 0 Å². The molecule has 0 bridgehead atoms. The molecule has 0 unspecified atom stereocenters. The zero-order valence-electron chi connectivity index (χ0n) is 8.67. The first-order chi connectivity index (χ1) is 7.16. The average molecular weight is 295 g/mol. The molecule has 0 aromatic heterocycles. The summed E-state index contributed by atoms with van der Waals surface area (Å²) < 4.78 is 38.1. The number of nitrogen functional groups attached to an aromatic ring is 1. The topological polar surface area (TPSA) is 49.9 Å². The second-order valence-corrected chi connectivity index (χ2v) is 4.26. The number of alkyl halides is 3. The van der Waals surface area contributed by atoms with Crippen LogP contribution in [0.4, 0.5) is 18.9 Å². The van der Waals surface area contributed by atoms with Crippen LogP contribution in [0.15, 0.2) is 10.5 Å². The Morgan fingerprint density at radius 2 is 1.94 bits per heavy atom. The molecule has 1 rings (SSSR count). The largest absolute Gasteiger partial charge is 0.417 e. The lowest BCUT2D eigenvalue weighted by Gasteiger charge is -2.17. The van der Waals surface area contributed by atoms with Crippen LogP contribution in [-0.4, -0.2) is 5.71 Å². The Labute approximate surface area is 99.3 Å². The maximum atomic E-state index is 12.7. The number of aryl methyl sites for hydroxylation is 1. The predicted molar refractivity (Wildman–Crippen MR) is 60.8 cm³/mol. The van der Waals surface area contributed by atoms with Gasteiger partial charge in [0.15, 0.2) is 0 Å². The van der Waals surface area contributed by atoms with E-state index in [1.807, 2.05) is 0 Å². The van der Waals surface area contributed by atoms with Crippen molar-refractivity contribution in [2.75, 3.05) is 5.73 Å². The molecule has 0 radical (unpaired) electrons. The van der Waals surface area contributed by atoms with E-state index < -0.39 is 11.7 Å². The second-order valence-electron chi connectivity index (χ2n) is 3.47. The van der Waals surface area contributed by atoms with Crippen molar-refractivity contribution in [2.45, 2.75) is 20.0 Å². The van der Waals surface area contributed by atoms with Crippen molar-refractivity contribution < 1.29 is 13.2 Å². The minimum Gasteiger partial charge on any atom is -0.398 e. The molecule has 0 heterocycles. The molecule has 0 atom stereocenters. The summed E-state index contributed by atoms with van der Waals surface area (Å²) in [4.78, 5) is 0. The number of nitrogens with one attached hydrogen (secondary N) is 1. The quantitative estimate of drug-likeness (QED) is 0.601. The van der Waals surface area contributed by atoms with Crippen molar-refractivity contribution in [3.63, 3.8) is 0 Å². The summed E-state index contributed by atoms with van der Waals surface area (Å²) >= 11 is 2.88. The third-order valence-electron chi connectivity index (χ3n) is 2.15. The van der Waals surface area contributed by atoms with E-state index in [1.165, 1.54) is 19.9 Å². The third-order valence-corrected chi connectivity index (χ3v) is 2.95. The Bertz CT molecular complexity index is 452. The molecule has 6 heteroatoms. The van der Waals surface area contributed by atoms with E-state index in [1.54, 1.807) is 0 Å². The number of hydrogen-bond acceptors (Lipinski definition) is 2. The van der Waals surface area contributed by atoms with Crippen LogP contribution >= 0.6 is 15.9 Å².